The van der Waals surface area contributed by atoms with Gasteiger partial charge in [0, 0.05) is 0 Å². The molecule has 0 aliphatic rings. The van der Waals surface area contributed by atoms with Crippen molar-refractivity contribution < 1.29 is 19.1 Å². The summed E-state index contributed by atoms with van der Waals surface area (Å²) in [5.74, 6) is -0.747. The van der Waals surface area contributed by atoms with Crippen LogP contribution in [0.3, 0.4) is 0 Å². The van der Waals surface area contributed by atoms with Gasteiger partial charge in [-0.25, -0.2) is 4.79 Å². The van der Waals surface area contributed by atoms with Crippen LogP contribution in [0.1, 0.15) is 54.9 Å². The van der Waals surface area contributed by atoms with Crippen molar-refractivity contribution in [1.82, 2.24) is 16.0 Å². The van der Waals surface area contributed by atoms with Gasteiger partial charge >= 0.3 is 6.09 Å². The lowest BCUT2D eigenvalue weighted by molar-refractivity contribution is -0.126. The summed E-state index contributed by atoms with van der Waals surface area (Å²) in [6.07, 6.45) is 2.01. The van der Waals surface area contributed by atoms with Gasteiger partial charge in [-0.2, -0.15) is 0 Å². The zero-order valence-corrected chi connectivity index (χ0v) is 15.8. The van der Waals surface area contributed by atoms with Crippen molar-refractivity contribution >= 4 is 17.9 Å². The fourth-order valence-electron chi connectivity index (χ4n) is 1.84. The first-order valence-corrected chi connectivity index (χ1v) is 8.11. The standard InChI is InChI=1S/C17H31N3O4/c1-8-12(3)17(7,9-2)20-14(22)11-18-13(21)10-19-15(23)24-16(4,5)6/h8H,9-11H2,1-7H3,(H,18,21)(H,19,23)(H,20,22)/b12-8+. The monoisotopic (exact) mass is 341 g/mol. The maximum Gasteiger partial charge on any atom is 0.408 e. The van der Waals surface area contributed by atoms with Crippen LogP contribution in [-0.4, -0.2) is 42.1 Å². The molecule has 0 bridgehead atoms. The first-order chi connectivity index (χ1) is 10.9. The van der Waals surface area contributed by atoms with Gasteiger partial charge in [0.15, 0.2) is 0 Å². The van der Waals surface area contributed by atoms with Gasteiger partial charge in [0.25, 0.3) is 0 Å². The number of amides is 3. The summed E-state index contributed by atoms with van der Waals surface area (Å²) >= 11 is 0. The molecule has 0 saturated carbocycles. The third kappa shape index (κ3) is 8.55. The first-order valence-electron chi connectivity index (χ1n) is 8.11. The molecular formula is C17H31N3O4. The maximum absolute atomic E-state index is 12.0. The number of alkyl carbamates (subject to hydrolysis) is 1. The van der Waals surface area contributed by atoms with Crippen molar-refractivity contribution in [3.8, 4) is 0 Å². The number of nitrogens with one attached hydrogen (secondary N) is 3. The average Bonchev–Trinajstić information content (AvgIpc) is 2.48. The molecular weight excluding hydrogens is 310 g/mol. The minimum absolute atomic E-state index is 0.151. The van der Waals surface area contributed by atoms with Crippen LogP contribution in [0.15, 0.2) is 11.6 Å². The molecule has 0 saturated heterocycles. The Hall–Kier alpha value is -2.05. The van der Waals surface area contributed by atoms with Crippen LogP contribution in [0, 0.1) is 0 Å². The van der Waals surface area contributed by atoms with E-state index in [1.165, 1.54) is 0 Å². The van der Waals surface area contributed by atoms with Crippen molar-refractivity contribution in [1.29, 1.82) is 0 Å². The van der Waals surface area contributed by atoms with Gasteiger partial charge in [-0.1, -0.05) is 18.6 Å². The van der Waals surface area contributed by atoms with Gasteiger partial charge in [0.2, 0.25) is 11.8 Å². The van der Waals surface area contributed by atoms with Gasteiger partial charge in [-0.05, 0) is 48.0 Å². The molecule has 3 N–H and O–H groups in total. The second-order valence-electron chi connectivity index (χ2n) is 6.84. The van der Waals surface area contributed by atoms with E-state index in [1.54, 1.807) is 20.8 Å². The second kappa shape index (κ2) is 9.30. The molecule has 3 amide bonds. The molecule has 0 rings (SSSR count). The van der Waals surface area contributed by atoms with Crippen LogP contribution in [0.4, 0.5) is 4.79 Å². The van der Waals surface area contributed by atoms with Crippen LogP contribution < -0.4 is 16.0 Å². The van der Waals surface area contributed by atoms with E-state index in [-0.39, 0.29) is 19.0 Å². The molecule has 7 nitrogen and oxygen atoms in total. The van der Waals surface area contributed by atoms with Crippen molar-refractivity contribution in [2.45, 2.75) is 66.0 Å². The van der Waals surface area contributed by atoms with Crippen LogP contribution in [0.5, 0.6) is 0 Å². The summed E-state index contributed by atoms with van der Waals surface area (Å²) < 4.78 is 5.02. The summed E-state index contributed by atoms with van der Waals surface area (Å²) in [5, 5.41) is 7.71. The molecule has 0 aromatic heterocycles. The SMILES string of the molecule is C/C=C(\C)C(C)(CC)NC(=O)CNC(=O)CNC(=O)OC(C)(C)C. The highest BCUT2D eigenvalue weighted by Crippen LogP contribution is 2.19. The van der Waals surface area contributed by atoms with E-state index in [0.717, 1.165) is 12.0 Å². The average molecular weight is 341 g/mol. The third-order valence-electron chi connectivity index (χ3n) is 3.66. The van der Waals surface area contributed by atoms with Gasteiger partial charge in [0.05, 0.1) is 12.1 Å². The van der Waals surface area contributed by atoms with E-state index >= 15 is 0 Å². The van der Waals surface area contributed by atoms with Gasteiger partial charge in [-0.3, -0.25) is 9.59 Å². The summed E-state index contributed by atoms with van der Waals surface area (Å²) in [7, 11) is 0. The summed E-state index contributed by atoms with van der Waals surface area (Å²) in [6.45, 7) is 12.6. The Kier molecular flexibility index (Phi) is 8.50. The molecule has 138 valence electrons. The van der Waals surface area contributed by atoms with Crippen molar-refractivity contribution in [3.63, 3.8) is 0 Å². The van der Waals surface area contributed by atoms with Gasteiger partial charge < -0.3 is 20.7 Å². The Morgan fingerprint density at radius 3 is 2.00 bits per heavy atom. The normalized spacial score (nSPS) is 14.4. The number of allylic oxidation sites excluding steroid dienone is 1. The number of rotatable bonds is 7. The molecule has 7 heteroatoms. The summed E-state index contributed by atoms with van der Waals surface area (Å²) in [6, 6.07) is 0. The first kappa shape index (κ1) is 21.9. The lowest BCUT2D eigenvalue weighted by atomic mass is 9.90. The molecule has 0 radical (unpaired) electrons. The Labute approximate surface area is 144 Å². The molecule has 24 heavy (non-hydrogen) atoms. The van der Waals surface area contributed by atoms with Gasteiger partial charge in [0.1, 0.15) is 12.1 Å². The maximum atomic E-state index is 12.0. The predicted octanol–water partition coefficient (Wildman–Crippen LogP) is 1.88. The molecule has 0 spiro atoms. The summed E-state index contributed by atoms with van der Waals surface area (Å²) in [4.78, 5) is 35.1. The van der Waals surface area contributed by atoms with E-state index in [2.05, 4.69) is 16.0 Å². The molecule has 0 aromatic rings. The van der Waals surface area contributed by atoms with Gasteiger partial charge in [-0.15, -0.1) is 0 Å². The molecule has 1 atom stereocenters. The number of carbonyl (C=O) groups excluding carboxylic acids is 3. The molecule has 0 heterocycles. The van der Waals surface area contributed by atoms with E-state index in [0.29, 0.717) is 0 Å². The van der Waals surface area contributed by atoms with E-state index in [1.807, 2.05) is 33.8 Å². The molecule has 0 aliphatic carbocycles. The third-order valence-corrected chi connectivity index (χ3v) is 3.66. The second-order valence-corrected chi connectivity index (χ2v) is 6.84. The number of hydrogen-bond acceptors (Lipinski definition) is 4. The van der Waals surface area contributed by atoms with Crippen LogP contribution in [0.25, 0.3) is 0 Å². The van der Waals surface area contributed by atoms with Crippen molar-refractivity contribution in [2.24, 2.45) is 0 Å². The Morgan fingerprint density at radius 1 is 1.00 bits per heavy atom. The fourth-order valence-corrected chi connectivity index (χ4v) is 1.84. The lowest BCUT2D eigenvalue weighted by Gasteiger charge is -2.31. The Bertz CT molecular complexity index is 495. The number of carbonyl (C=O) groups is 3. The predicted molar refractivity (Wildman–Crippen MR) is 93.5 cm³/mol. The Balaban J connectivity index is 4.28. The van der Waals surface area contributed by atoms with Crippen molar-refractivity contribution in [2.75, 3.05) is 13.1 Å². The number of hydrogen-bond donors (Lipinski definition) is 3. The highest BCUT2D eigenvalue weighted by atomic mass is 16.6. The molecule has 1 unspecified atom stereocenters. The van der Waals surface area contributed by atoms with E-state index in [9.17, 15) is 14.4 Å². The summed E-state index contributed by atoms with van der Waals surface area (Å²) in [5.41, 5.74) is -0.0163. The zero-order valence-electron chi connectivity index (χ0n) is 15.8. The topological polar surface area (TPSA) is 96.5 Å². The lowest BCUT2D eigenvalue weighted by Crippen LogP contribution is -2.50. The molecule has 0 aromatic carbocycles. The molecule has 0 aliphatic heterocycles. The number of ether oxygens (including phenoxy) is 1. The smallest absolute Gasteiger partial charge is 0.408 e. The molecule has 0 fully saturated rings. The minimum Gasteiger partial charge on any atom is -0.444 e. The van der Waals surface area contributed by atoms with Crippen LogP contribution in [-0.2, 0) is 14.3 Å². The van der Waals surface area contributed by atoms with E-state index < -0.39 is 23.1 Å². The largest absolute Gasteiger partial charge is 0.444 e. The minimum atomic E-state index is -0.677. The van der Waals surface area contributed by atoms with Crippen molar-refractivity contribution in [3.05, 3.63) is 11.6 Å². The Morgan fingerprint density at radius 2 is 1.54 bits per heavy atom. The van der Waals surface area contributed by atoms with E-state index in [4.69, 9.17) is 4.74 Å². The fraction of sp³-hybridized carbons (Fsp3) is 0.706. The zero-order chi connectivity index (χ0) is 19.0. The van der Waals surface area contributed by atoms with Crippen LogP contribution >= 0.6 is 0 Å². The quantitative estimate of drug-likeness (QED) is 0.616. The highest BCUT2D eigenvalue weighted by Gasteiger charge is 2.25. The van der Waals surface area contributed by atoms with Crippen LogP contribution in [0.2, 0.25) is 0 Å². The highest BCUT2D eigenvalue weighted by molar-refractivity contribution is 5.87.